The van der Waals surface area contributed by atoms with Crippen LogP contribution in [0.25, 0.3) is 0 Å². The van der Waals surface area contributed by atoms with Crippen molar-refractivity contribution in [3.8, 4) is 0 Å². The minimum absolute atomic E-state index is 0.0589. The molecule has 0 bridgehead atoms. The normalized spacial score (nSPS) is 12.2. The molecular weight excluding hydrogens is 548 g/mol. The van der Waals surface area contributed by atoms with Gasteiger partial charge in [0.25, 0.3) is 0 Å². The number of carbonyl (C=O) groups is 2. The third-order valence-corrected chi connectivity index (χ3v) is 8.76. The van der Waals surface area contributed by atoms with E-state index in [0.717, 1.165) is 50.4 Å². The highest BCUT2D eigenvalue weighted by molar-refractivity contribution is 5.70. The lowest BCUT2D eigenvalue weighted by atomic mass is 10.0. The van der Waals surface area contributed by atoms with Gasteiger partial charge in [0.2, 0.25) is 0 Å². The maximum atomic E-state index is 12.2. The predicted molar refractivity (Wildman–Crippen MR) is 187 cm³/mol. The molecule has 0 rings (SSSR count). The Balaban J connectivity index is 3.51. The fourth-order valence-corrected chi connectivity index (χ4v) is 5.81. The standard InChI is InChI=1S/C39H76O5/c1-35(2)29-25-21-17-13-9-6-5-7-11-16-20-24-28-32-39(42)44-37(33-40)34-43-38(41)31-27-23-19-15-12-8-10-14-18-22-26-30-36(3)4/h35-37,40H,5-34H2,1-4H3/t37-/m0/s1. The number of aliphatic hydroxyl groups excluding tert-OH is 1. The van der Waals surface area contributed by atoms with Crippen molar-refractivity contribution >= 4 is 11.9 Å². The summed E-state index contributed by atoms with van der Waals surface area (Å²) in [7, 11) is 0. The van der Waals surface area contributed by atoms with E-state index in [1.54, 1.807) is 0 Å². The molecule has 0 aliphatic rings. The van der Waals surface area contributed by atoms with Gasteiger partial charge in [-0.3, -0.25) is 9.59 Å². The molecule has 0 spiro atoms. The van der Waals surface area contributed by atoms with Gasteiger partial charge in [0, 0.05) is 12.8 Å². The quantitative estimate of drug-likeness (QED) is 0.0569. The Labute approximate surface area is 274 Å². The molecule has 1 atom stereocenters. The molecule has 0 unspecified atom stereocenters. The first kappa shape index (κ1) is 42.9. The second-order valence-corrected chi connectivity index (χ2v) is 14.3. The Hall–Kier alpha value is -1.10. The summed E-state index contributed by atoms with van der Waals surface area (Å²) in [5, 5.41) is 9.54. The van der Waals surface area contributed by atoms with Crippen LogP contribution < -0.4 is 0 Å². The van der Waals surface area contributed by atoms with Crippen molar-refractivity contribution in [3.05, 3.63) is 0 Å². The largest absolute Gasteiger partial charge is 0.462 e. The molecule has 0 fully saturated rings. The molecule has 0 aromatic carbocycles. The van der Waals surface area contributed by atoms with Crippen LogP contribution in [0.3, 0.4) is 0 Å². The highest BCUT2D eigenvalue weighted by atomic mass is 16.6. The molecule has 5 nitrogen and oxygen atoms in total. The number of unbranched alkanes of at least 4 members (excludes halogenated alkanes) is 22. The topological polar surface area (TPSA) is 72.8 Å². The zero-order valence-corrected chi connectivity index (χ0v) is 30.0. The van der Waals surface area contributed by atoms with E-state index in [2.05, 4.69) is 27.7 Å². The number of hydrogen-bond acceptors (Lipinski definition) is 5. The van der Waals surface area contributed by atoms with Crippen molar-refractivity contribution in [1.29, 1.82) is 0 Å². The van der Waals surface area contributed by atoms with Crippen LogP contribution in [0.1, 0.15) is 207 Å². The zero-order chi connectivity index (χ0) is 32.5. The van der Waals surface area contributed by atoms with Gasteiger partial charge < -0.3 is 14.6 Å². The summed E-state index contributed by atoms with van der Waals surface area (Å²) in [6.07, 6.45) is 33.0. The molecule has 0 saturated heterocycles. The van der Waals surface area contributed by atoms with E-state index in [1.807, 2.05) is 0 Å². The summed E-state index contributed by atoms with van der Waals surface area (Å²) >= 11 is 0. The Morgan fingerprint density at radius 3 is 1.07 bits per heavy atom. The van der Waals surface area contributed by atoms with E-state index in [4.69, 9.17) is 9.47 Å². The van der Waals surface area contributed by atoms with Crippen LogP contribution in [0.2, 0.25) is 0 Å². The molecule has 0 aliphatic carbocycles. The Morgan fingerprint density at radius 2 is 0.750 bits per heavy atom. The van der Waals surface area contributed by atoms with Crippen LogP contribution in [0.15, 0.2) is 0 Å². The second kappa shape index (κ2) is 33.3. The van der Waals surface area contributed by atoms with E-state index >= 15 is 0 Å². The number of aliphatic hydroxyl groups is 1. The molecule has 0 aromatic heterocycles. The summed E-state index contributed by atoms with van der Waals surface area (Å²) in [6.45, 7) is 8.85. The predicted octanol–water partition coefficient (Wildman–Crippen LogP) is 11.7. The van der Waals surface area contributed by atoms with Crippen LogP contribution in [-0.2, 0) is 19.1 Å². The lowest BCUT2D eigenvalue weighted by molar-refractivity contribution is -0.161. The van der Waals surface area contributed by atoms with Gasteiger partial charge in [0.15, 0.2) is 6.10 Å². The summed E-state index contributed by atoms with van der Waals surface area (Å²) in [6, 6.07) is 0. The fraction of sp³-hybridized carbons (Fsp3) is 0.949. The molecule has 0 heterocycles. The molecular formula is C39H76O5. The van der Waals surface area contributed by atoms with E-state index in [9.17, 15) is 14.7 Å². The zero-order valence-electron chi connectivity index (χ0n) is 30.0. The Bertz CT molecular complexity index is 618. The number of esters is 2. The van der Waals surface area contributed by atoms with Gasteiger partial charge in [-0.2, -0.15) is 0 Å². The number of hydrogen-bond donors (Lipinski definition) is 1. The van der Waals surface area contributed by atoms with Gasteiger partial charge in [0.1, 0.15) is 6.61 Å². The maximum absolute atomic E-state index is 12.2. The second-order valence-electron chi connectivity index (χ2n) is 14.3. The minimum Gasteiger partial charge on any atom is -0.462 e. The Morgan fingerprint density at radius 1 is 0.455 bits per heavy atom. The van der Waals surface area contributed by atoms with Crippen molar-refractivity contribution in [2.24, 2.45) is 11.8 Å². The molecule has 5 heteroatoms. The van der Waals surface area contributed by atoms with Gasteiger partial charge in [0.05, 0.1) is 6.61 Å². The number of rotatable bonds is 34. The number of carbonyl (C=O) groups excluding carboxylic acids is 2. The molecule has 44 heavy (non-hydrogen) atoms. The first-order chi connectivity index (χ1) is 21.3. The summed E-state index contributed by atoms with van der Waals surface area (Å²) < 4.78 is 10.6. The first-order valence-electron chi connectivity index (χ1n) is 19.3. The van der Waals surface area contributed by atoms with Gasteiger partial charge in [-0.15, -0.1) is 0 Å². The molecule has 0 radical (unpaired) electrons. The van der Waals surface area contributed by atoms with Crippen LogP contribution in [0.4, 0.5) is 0 Å². The van der Waals surface area contributed by atoms with Crippen LogP contribution in [0, 0.1) is 11.8 Å². The average Bonchev–Trinajstić information content (AvgIpc) is 2.99. The van der Waals surface area contributed by atoms with E-state index in [1.165, 1.54) is 128 Å². The lowest BCUT2D eigenvalue weighted by Gasteiger charge is -2.15. The monoisotopic (exact) mass is 625 g/mol. The van der Waals surface area contributed by atoms with Gasteiger partial charge in [-0.05, 0) is 24.7 Å². The fourth-order valence-electron chi connectivity index (χ4n) is 5.81. The maximum Gasteiger partial charge on any atom is 0.306 e. The summed E-state index contributed by atoms with van der Waals surface area (Å²) in [5.41, 5.74) is 0. The van der Waals surface area contributed by atoms with Gasteiger partial charge >= 0.3 is 11.9 Å². The highest BCUT2D eigenvalue weighted by Crippen LogP contribution is 2.16. The molecule has 1 N–H and O–H groups in total. The SMILES string of the molecule is CC(C)CCCCCCCCCCCCCCCC(=O)O[C@@H](CO)COC(=O)CCCCCCCCCCCCCC(C)C. The van der Waals surface area contributed by atoms with Crippen molar-refractivity contribution in [3.63, 3.8) is 0 Å². The molecule has 0 saturated carbocycles. The third kappa shape index (κ3) is 33.8. The minimum atomic E-state index is -0.762. The van der Waals surface area contributed by atoms with Crippen LogP contribution in [-0.4, -0.2) is 36.4 Å². The van der Waals surface area contributed by atoms with E-state index < -0.39 is 6.10 Å². The molecule has 0 aromatic rings. The van der Waals surface area contributed by atoms with Crippen molar-refractivity contribution in [2.45, 2.75) is 214 Å². The van der Waals surface area contributed by atoms with Crippen molar-refractivity contribution < 1.29 is 24.2 Å². The van der Waals surface area contributed by atoms with Gasteiger partial charge in [-0.1, -0.05) is 182 Å². The lowest BCUT2D eigenvalue weighted by Crippen LogP contribution is -2.28. The smallest absolute Gasteiger partial charge is 0.306 e. The Kier molecular flexibility index (Phi) is 32.4. The summed E-state index contributed by atoms with van der Waals surface area (Å²) in [5.74, 6) is 1.10. The average molecular weight is 625 g/mol. The van der Waals surface area contributed by atoms with Crippen LogP contribution in [0.5, 0.6) is 0 Å². The van der Waals surface area contributed by atoms with E-state index in [0.29, 0.717) is 12.8 Å². The van der Waals surface area contributed by atoms with Crippen LogP contribution >= 0.6 is 0 Å². The van der Waals surface area contributed by atoms with Gasteiger partial charge in [-0.25, -0.2) is 0 Å². The van der Waals surface area contributed by atoms with Crippen molar-refractivity contribution in [2.75, 3.05) is 13.2 Å². The molecule has 0 amide bonds. The third-order valence-electron chi connectivity index (χ3n) is 8.76. The highest BCUT2D eigenvalue weighted by Gasteiger charge is 2.16. The summed E-state index contributed by atoms with van der Waals surface area (Å²) in [4.78, 5) is 24.2. The number of ether oxygens (including phenoxy) is 2. The van der Waals surface area contributed by atoms with E-state index in [-0.39, 0.29) is 25.2 Å². The first-order valence-corrected chi connectivity index (χ1v) is 19.3. The molecule has 262 valence electrons. The van der Waals surface area contributed by atoms with Crippen molar-refractivity contribution in [1.82, 2.24) is 0 Å². The molecule has 0 aliphatic heterocycles.